The van der Waals surface area contributed by atoms with Gasteiger partial charge in [0.1, 0.15) is 16.7 Å². The summed E-state index contributed by atoms with van der Waals surface area (Å²) in [5.41, 5.74) is 1.03. The SMILES string of the molecule is C[C@@H](NS(=O)(=O)c1ccc(C#N)nc1)c1ccc(Br)cc1. The van der Waals surface area contributed by atoms with Crippen molar-refractivity contribution in [3.05, 3.63) is 58.3 Å². The van der Waals surface area contributed by atoms with E-state index in [2.05, 4.69) is 25.6 Å². The molecule has 21 heavy (non-hydrogen) atoms. The highest BCUT2D eigenvalue weighted by Crippen LogP contribution is 2.19. The average molecular weight is 366 g/mol. The second-order valence-electron chi connectivity index (χ2n) is 4.39. The molecule has 7 heteroatoms. The Labute approximate surface area is 131 Å². The summed E-state index contributed by atoms with van der Waals surface area (Å²) in [6, 6.07) is 11.6. The zero-order chi connectivity index (χ0) is 15.5. The van der Waals surface area contributed by atoms with Crippen LogP contribution in [0.5, 0.6) is 0 Å². The van der Waals surface area contributed by atoms with Crippen molar-refractivity contribution in [1.82, 2.24) is 9.71 Å². The Hall–Kier alpha value is -1.75. The molecule has 1 N–H and O–H groups in total. The van der Waals surface area contributed by atoms with E-state index in [0.717, 1.165) is 10.0 Å². The third-order valence-corrected chi connectivity index (χ3v) is 4.92. The molecule has 1 heterocycles. The van der Waals surface area contributed by atoms with Crippen LogP contribution in [0.4, 0.5) is 0 Å². The normalized spacial score (nSPS) is 12.6. The van der Waals surface area contributed by atoms with Gasteiger partial charge in [-0.25, -0.2) is 18.1 Å². The van der Waals surface area contributed by atoms with Gasteiger partial charge in [-0.1, -0.05) is 28.1 Å². The Kier molecular flexibility index (Phi) is 4.73. The summed E-state index contributed by atoms with van der Waals surface area (Å²) >= 11 is 3.33. The van der Waals surface area contributed by atoms with Gasteiger partial charge in [0.2, 0.25) is 10.0 Å². The number of nitrogens with zero attached hydrogens (tertiary/aromatic N) is 2. The van der Waals surface area contributed by atoms with E-state index in [1.807, 2.05) is 30.3 Å². The first-order chi connectivity index (χ1) is 9.92. The molecule has 0 radical (unpaired) electrons. The van der Waals surface area contributed by atoms with Gasteiger partial charge >= 0.3 is 0 Å². The van der Waals surface area contributed by atoms with Gasteiger partial charge in [-0.3, -0.25) is 0 Å². The van der Waals surface area contributed by atoms with Crippen LogP contribution < -0.4 is 4.72 Å². The smallest absolute Gasteiger partial charge is 0.242 e. The molecule has 0 amide bonds. The third kappa shape index (κ3) is 3.88. The molecule has 0 spiro atoms. The van der Waals surface area contributed by atoms with Gasteiger partial charge in [0.25, 0.3) is 0 Å². The number of nitriles is 1. The van der Waals surface area contributed by atoms with Crippen LogP contribution in [0, 0.1) is 11.3 Å². The van der Waals surface area contributed by atoms with Gasteiger partial charge < -0.3 is 0 Å². The van der Waals surface area contributed by atoms with Gasteiger partial charge in [-0.15, -0.1) is 0 Å². The van der Waals surface area contributed by atoms with E-state index in [4.69, 9.17) is 5.26 Å². The minimum Gasteiger partial charge on any atom is -0.244 e. The van der Waals surface area contributed by atoms with Crippen LogP contribution in [0.2, 0.25) is 0 Å². The van der Waals surface area contributed by atoms with E-state index in [9.17, 15) is 8.42 Å². The first-order valence-electron chi connectivity index (χ1n) is 6.06. The van der Waals surface area contributed by atoms with E-state index in [-0.39, 0.29) is 16.6 Å². The van der Waals surface area contributed by atoms with Crippen LogP contribution in [0.15, 0.2) is 52.0 Å². The predicted octanol–water partition coefficient (Wildman–Crippen LogP) is 2.76. The molecule has 2 aromatic rings. The van der Waals surface area contributed by atoms with Crippen molar-refractivity contribution in [2.75, 3.05) is 0 Å². The van der Waals surface area contributed by atoms with Crippen molar-refractivity contribution < 1.29 is 8.42 Å². The van der Waals surface area contributed by atoms with Gasteiger partial charge in [0.15, 0.2) is 0 Å². The summed E-state index contributed by atoms with van der Waals surface area (Å²) < 4.78 is 28.0. The molecule has 0 bridgehead atoms. The lowest BCUT2D eigenvalue weighted by molar-refractivity contribution is 0.566. The minimum absolute atomic E-state index is 0.0328. The molecule has 5 nitrogen and oxygen atoms in total. The lowest BCUT2D eigenvalue weighted by atomic mass is 10.1. The highest BCUT2D eigenvalue weighted by Gasteiger charge is 2.18. The van der Waals surface area contributed by atoms with Crippen LogP contribution in [-0.2, 0) is 10.0 Å². The zero-order valence-electron chi connectivity index (χ0n) is 11.1. The second kappa shape index (κ2) is 6.35. The summed E-state index contributed by atoms with van der Waals surface area (Å²) in [5.74, 6) is 0. The molecule has 0 saturated carbocycles. The number of sulfonamides is 1. The van der Waals surface area contributed by atoms with Crippen molar-refractivity contribution in [2.45, 2.75) is 17.9 Å². The fraction of sp³-hybridized carbons (Fsp3) is 0.143. The molecule has 0 unspecified atom stereocenters. The number of rotatable bonds is 4. The number of hydrogen-bond donors (Lipinski definition) is 1. The molecule has 1 aromatic heterocycles. The van der Waals surface area contributed by atoms with E-state index >= 15 is 0 Å². The maximum atomic E-state index is 12.2. The topological polar surface area (TPSA) is 82.9 Å². The summed E-state index contributed by atoms with van der Waals surface area (Å²) in [6.07, 6.45) is 1.18. The van der Waals surface area contributed by atoms with Gasteiger partial charge in [0, 0.05) is 16.7 Å². The number of aromatic nitrogens is 1. The number of benzene rings is 1. The molecular formula is C14H12BrN3O2S. The van der Waals surface area contributed by atoms with Crippen LogP contribution in [-0.4, -0.2) is 13.4 Å². The summed E-state index contributed by atoms with van der Waals surface area (Å²) in [4.78, 5) is 3.80. The van der Waals surface area contributed by atoms with Crippen molar-refractivity contribution in [3.8, 4) is 6.07 Å². The summed E-state index contributed by atoms with van der Waals surface area (Å²) in [7, 11) is -3.68. The molecule has 0 aliphatic carbocycles. The fourth-order valence-corrected chi connectivity index (χ4v) is 3.17. The molecule has 0 fully saturated rings. The van der Waals surface area contributed by atoms with Crippen LogP contribution in [0.25, 0.3) is 0 Å². The van der Waals surface area contributed by atoms with Gasteiger partial charge in [-0.2, -0.15) is 5.26 Å². The van der Waals surface area contributed by atoms with Crippen molar-refractivity contribution in [2.24, 2.45) is 0 Å². The van der Waals surface area contributed by atoms with Crippen LogP contribution in [0.1, 0.15) is 24.2 Å². The minimum atomic E-state index is -3.68. The second-order valence-corrected chi connectivity index (χ2v) is 7.02. The number of hydrogen-bond acceptors (Lipinski definition) is 4. The Balaban J connectivity index is 2.20. The van der Waals surface area contributed by atoms with E-state index in [1.165, 1.54) is 18.3 Å². The molecule has 0 aliphatic rings. The van der Waals surface area contributed by atoms with E-state index < -0.39 is 10.0 Å². The average Bonchev–Trinajstić information content (AvgIpc) is 2.47. The maximum absolute atomic E-state index is 12.2. The Bertz CT molecular complexity index is 765. The third-order valence-electron chi connectivity index (χ3n) is 2.86. The number of nitrogens with one attached hydrogen (secondary N) is 1. The molecule has 0 aliphatic heterocycles. The Morgan fingerprint density at radius 3 is 2.43 bits per heavy atom. The lowest BCUT2D eigenvalue weighted by Crippen LogP contribution is -2.27. The quantitative estimate of drug-likeness (QED) is 0.902. The monoisotopic (exact) mass is 365 g/mol. The predicted molar refractivity (Wildman–Crippen MR) is 81.8 cm³/mol. The highest BCUT2D eigenvalue weighted by molar-refractivity contribution is 9.10. The summed E-state index contributed by atoms with van der Waals surface area (Å²) in [6.45, 7) is 1.76. The summed E-state index contributed by atoms with van der Waals surface area (Å²) in [5, 5.41) is 8.67. The molecule has 1 atom stereocenters. The molecule has 1 aromatic carbocycles. The molecule has 0 saturated heterocycles. The lowest BCUT2D eigenvalue weighted by Gasteiger charge is -2.14. The number of pyridine rings is 1. The van der Waals surface area contributed by atoms with Crippen molar-refractivity contribution in [1.29, 1.82) is 5.26 Å². The van der Waals surface area contributed by atoms with Gasteiger partial charge in [0.05, 0.1) is 0 Å². The number of halogens is 1. The Morgan fingerprint density at radius 2 is 1.90 bits per heavy atom. The molecule has 2 rings (SSSR count). The van der Waals surface area contributed by atoms with Crippen LogP contribution in [0.3, 0.4) is 0 Å². The Morgan fingerprint density at radius 1 is 1.24 bits per heavy atom. The highest BCUT2D eigenvalue weighted by atomic mass is 79.9. The van der Waals surface area contributed by atoms with Gasteiger partial charge in [-0.05, 0) is 36.8 Å². The fourth-order valence-electron chi connectivity index (χ4n) is 1.73. The first kappa shape index (κ1) is 15.6. The van der Waals surface area contributed by atoms with E-state index in [0.29, 0.717) is 0 Å². The van der Waals surface area contributed by atoms with Crippen LogP contribution >= 0.6 is 15.9 Å². The molecular weight excluding hydrogens is 354 g/mol. The molecule has 108 valence electrons. The zero-order valence-corrected chi connectivity index (χ0v) is 13.5. The van der Waals surface area contributed by atoms with E-state index in [1.54, 1.807) is 6.92 Å². The largest absolute Gasteiger partial charge is 0.244 e. The van der Waals surface area contributed by atoms with Crippen molar-refractivity contribution in [3.63, 3.8) is 0 Å². The standard InChI is InChI=1S/C14H12BrN3O2S/c1-10(11-2-4-12(15)5-3-11)18-21(19,20)14-7-6-13(8-16)17-9-14/h2-7,9-10,18H,1H3/t10-/m1/s1. The maximum Gasteiger partial charge on any atom is 0.242 e. The first-order valence-corrected chi connectivity index (χ1v) is 8.34. The van der Waals surface area contributed by atoms with Crippen molar-refractivity contribution >= 4 is 26.0 Å².